The summed E-state index contributed by atoms with van der Waals surface area (Å²) in [5.74, 6) is -1.42. The van der Waals surface area contributed by atoms with Crippen LogP contribution in [0.1, 0.15) is 33.4 Å². The summed E-state index contributed by atoms with van der Waals surface area (Å²) in [6, 6.07) is 12.5. The first kappa shape index (κ1) is 21.5. The van der Waals surface area contributed by atoms with Gasteiger partial charge in [-0.05, 0) is 31.2 Å². The third-order valence-corrected chi connectivity index (χ3v) is 6.17. The lowest BCUT2D eigenvalue weighted by molar-refractivity contribution is 0.0435. The molecule has 0 atom stereocenters. The lowest BCUT2D eigenvalue weighted by Crippen LogP contribution is -2.22. The van der Waals surface area contributed by atoms with Gasteiger partial charge in [0.15, 0.2) is 0 Å². The molecule has 0 spiro atoms. The Morgan fingerprint density at radius 1 is 1.00 bits per heavy atom. The van der Waals surface area contributed by atoms with Crippen LogP contribution in [0.25, 0.3) is 11.0 Å². The highest BCUT2D eigenvalue weighted by Gasteiger charge is 2.24. The van der Waals surface area contributed by atoms with Crippen molar-refractivity contribution >= 4 is 32.9 Å². The van der Waals surface area contributed by atoms with Gasteiger partial charge in [-0.25, -0.2) is 22.3 Å². The van der Waals surface area contributed by atoms with Crippen LogP contribution in [0.2, 0.25) is 0 Å². The van der Waals surface area contributed by atoms with Crippen molar-refractivity contribution in [2.45, 2.75) is 18.4 Å². The Labute approximate surface area is 174 Å². The molecule has 2 aromatic carbocycles. The SMILES string of the molecule is CCOC(=O)c1oc2ccccc2c1COC(=O)c1cccc(S(=O)(=O)N(C)C)c1. The van der Waals surface area contributed by atoms with Crippen molar-refractivity contribution in [3.63, 3.8) is 0 Å². The fourth-order valence-corrected chi connectivity index (χ4v) is 3.77. The highest BCUT2D eigenvalue weighted by Crippen LogP contribution is 2.27. The summed E-state index contributed by atoms with van der Waals surface area (Å²) >= 11 is 0. The Morgan fingerprint density at radius 3 is 2.43 bits per heavy atom. The van der Waals surface area contributed by atoms with Crippen molar-refractivity contribution in [3.05, 3.63) is 65.4 Å². The van der Waals surface area contributed by atoms with E-state index in [2.05, 4.69) is 0 Å². The van der Waals surface area contributed by atoms with Crippen LogP contribution >= 0.6 is 0 Å². The van der Waals surface area contributed by atoms with E-state index in [4.69, 9.17) is 13.9 Å². The number of carbonyl (C=O) groups is 2. The van der Waals surface area contributed by atoms with Gasteiger partial charge in [0.05, 0.1) is 22.6 Å². The third-order valence-electron chi connectivity index (χ3n) is 4.36. The van der Waals surface area contributed by atoms with Crippen molar-refractivity contribution in [2.24, 2.45) is 0 Å². The predicted octanol–water partition coefficient (Wildman–Crippen LogP) is 3.22. The van der Waals surface area contributed by atoms with Crippen molar-refractivity contribution in [2.75, 3.05) is 20.7 Å². The standard InChI is InChI=1S/C21H21NO7S/c1-4-27-21(24)19-17(16-10-5-6-11-18(16)29-19)13-28-20(23)14-8-7-9-15(12-14)30(25,26)22(2)3/h5-12H,4,13H2,1-3H3. The zero-order valence-electron chi connectivity index (χ0n) is 16.7. The molecule has 3 aromatic rings. The molecule has 1 aromatic heterocycles. The summed E-state index contributed by atoms with van der Waals surface area (Å²) in [4.78, 5) is 24.8. The molecular weight excluding hydrogens is 410 g/mol. The Kier molecular flexibility index (Phi) is 6.23. The number of rotatable bonds is 7. The molecule has 30 heavy (non-hydrogen) atoms. The molecule has 9 heteroatoms. The second-order valence-electron chi connectivity index (χ2n) is 6.52. The number of para-hydroxylation sites is 1. The molecule has 0 saturated heterocycles. The number of furan rings is 1. The fraction of sp³-hybridized carbons (Fsp3) is 0.238. The molecule has 0 saturated carbocycles. The highest BCUT2D eigenvalue weighted by molar-refractivity contribution is 7.89. The number of nitrogens with zero attached hydrogens (tertiary/aromatic N) is 1. The molecular formula is C21H21NO7S. The monoisotopic (exact) mass is 431 g/mol. The zero-order valence-corrected chi connectivity index (χ0v) is 17.6. The van der Waals surface area contributed by atoms with Gasteiger partial charge < -0.3 is 13.9 Å². The fourth-order valence-electron chi connectivity index (χ4n) is 2.82. The van der Waals surface area contributed by atoms with Gasteiger partial charge in [-0.3, -0.25) is 0 Å². The smallest absolute Gasteiger partial charge is 0.374 e. The van der Waals surface area contributed by atoms with E-state index in [1.54, 1.807) is 31.2 Å². The average Bonchev–Trinajstić information content (AvgIpc) is 3.11. The summed E-state index contributed by atoms with van der Waals surface area (Å²) in [6.07, 6.45) is 0. The molecule has 0 aliphatic heterocycles. The molecule has 0 radical (unpaired) electrons. The van der Waals surface area contributed by atoms with Crippen LogP contribution in [0, 0.1) is 0 Å². The Morgan fingerprint density at radius 2 is 1.73 bits per heavy atom. The number of ether oxygens (including phenoxy) is 2. The van der Waals surface area contributed by atoms with Gasteiger partial charge in [-0.1, -0.05) is 24.3 Å². The number of benzene rings is 2. The van der Waals surface area contributed by atoms with E-state index >= 15 is 0 Å². The largest absolute Gasteiger partial charge is 0.460 e. The van der Waals surface area contributed by atoms with Crippen molar-refractivity contribution < 1.29 is 31.9 Å². The van der Waals surface area contributed by atoms with E-state index in [1.165, 1.54) is 38.4 Å². The van der Waals surface area contributed by atoms with Gasteiger partial charge in [0, 0.05) is 19.5 Å². The molecule has 3 rings (SSSR count). The van der Waals surface area contributed by atoms with Crippen LogP contribution in [0.4, 0.5) is 0 Å². The summed E-state index contributed by atoms with van der Waals surface area (Å²) < 4.78 is 41.6. The van der Waals surface area contributed by atoms with Crippen LogP contribution < -0.4 is 0 Å². The van der Waals surface area contributed by atoms with Crippen molar-refractivity contribution in [1.29, 1.82) is 0 Å². The number of fused-ring (bicyclic) bond motifs is 1. The van der Waals surface area contributed by atoms with Gasteiger partial charge in [-0.15, -0.1) is 0 Å². The van der Waals surface area contributed by atoms with E-state index < -0.39 is 22.0 Å². The molecule has 0 bridgehead atoms. The Bertz CT molecular complexity index is 1200. The third kappa shape index (κ3) is 4.22. The van der Waals surface area contributed by atoms with Gasteiger partial charge in [0.2, 0.25) is 15.8 Å². The molecule has 0 fully saturated rings. The number of carbonyl (C=O) groups excluding carboxylic acids is 2. The maximum Gasteiger partial charge on any atom is 0.374 e. The summed E-state index contributed by atoms with van der Waals surface area (Å²) in [5, 5.41) is 0.622. The Balaban J connectivity index is 1.87. The minimum atomic E-state index is -3.69. The van der Waals surface area contributed by atoms with Crippen LogP contribution in [-0.4, -0.2) is 45.4 Å². The summed E-state index contributed by atoms with van der Waals surface area (Å²) in [7, 11) is -0.887. The van der Waals surface area contributed by atoms with E-state index in [0.717, 1.165) is 4.31 Å². The van der Waals surface area contributed by atoms with Gasteiger partial charge in [0.25, 0.3) is 0 Å². The van der Waals surface area contributed by atoms with Crippen LogP contribution in [0.3, 0.4) is 0 Å². The zero-order chi connectivity index (χ0) is 21.9. The van der Waals surface area contributed by atoms with Gasteiger partial charge in [-0.2, -0.15) is 0 Å². The normalized spacial score (nSPS) is 11.6. The minimum absolute atomic E-state index is 0.0251. The Hall–Kier alpha value is -3.17. The molecule has 1 heterocycles. The first-order valence-corrected chi connectivity index (χ1v) is 10.6. The molecule has 0 aliphatic rings. The molecule has 0 N–H and O–H groups in total. The second kappa shape index (κ2) is 8.68. The molecule has 8 nitrogen and oxygen atoms in total. The van der Waals surface area contributed by atoms with E-state index in [0.29, 0.717) is 16.5 Å². The number of esters is 2. The van der Waals surface area contributed by atoms with Crippen molar-refractivity contribution in [3.8, 4) is 0 Å². The topological polar surface area (TPSA) is 103 Å². The summed E-state index contributed by atoms with van der Waals surface area (Å²) in [5.41, 5.74) is 0.920. The van der Waals surface area contributed by atoms with E-state index in [-0.39, 0.29) is 29.4 Å². The molecule has 0 aliphatic carbocycles. The van der Waals surface area contributed by atoms with Gasteiger partial charge >= 0.3 is 11.9 Å². The molecule has 158 valence electrons. The van der Waals surface area contributed by atoms with Crippen LogP contribution in [0.5, 0.6) is 0 Å². The lowest BCUT2D eigenvalue weighted by Gasteiger charge is -2.12. The maximum absolute atomic E-state index is 12.6. The first-order chi connectivity index (χ1) is 14.3. The highest BCUT2D eigenvalue weighted by atomic mass is 32.2. The average molecular weight is 431 g/mol. The quantitative estimate of drug-likeness (QED) is 0.529. The minimum Gasteiger partial charge on any atom is -0.460 e. The number of hydrogen-bond acceptors (Lipinski definition) is 7. The maximum atomic E-state index is 12.6. The predicted molar refractivity (Wildman–Crippen MR) is 109 cm³/mol. The lowest BCUT2D eigenvalue weighted by atomic mass is 10.1. The second-order valence-corrected chi connectivity index (χ2v) is 8.67. The van der Waals surface area contributed by atoms with Gasteiger partial charge in [0.1, 0.15) is 12.2 Å². The molecule has 0 unspecified atom stereocenters. The number of sulfonamides is 1. The molecule has 0 amide bonds. The number of hydrogen-bond donors (Lipinski definition) is 0. The van der Waals surface area contributed by atoms with E-state index in [1.807, 2.05) is 0 Å². The summed E-state index contributed by atoms with van der Waals surface area (Å²) in [6.45, 7) is 1.60. The van der Waals surface area contributed by atoms with Crippen molar-refractivity contribution in [1.82, 2.24) is 4.31 Å². The van der Waals surface area contributed by atoms with Crippen LogP contribution in [0.15, 0.2) is 57.8 Å². The van der Waals surface area contributed by atoms with E-state index in [9.17, 15) is 18.0 Å². The van der Waals surface area contributed by atoms with Crippen LogP contribution in [-0.2, 0) is 26.1 Å². The first-order valence-electron chi connectivity index (χ1n) is 9.13.